The molecule has 0 spiro atoms. The zero-order chi connectivity index (χ0) is 11.7. The molecule has 1 heterocycles. The highest BCUT2D eigenvalue weighted by molar-refractivity contribution is 5.73. The molecule has 0 aliphatic carbocycles. The Morgan fingerprint density at radius 1 is 1.25 bits per heavy atom. The first-order chi connectivity index (χ1) is 7.61. The molecule has 16 heavy (non-hydrogen) atoms. The van der Waals surface area contributed by atoms with Gasteiger partial charge in [0.2, 0.25) is 0 Å². The maximum absolute atomic E-state index is 13.3. The summed E-state index contributed by atoms with van der Waals surface area (Å²) in [5.74, 6) is -3.54. The Balaban J connectivity index is 2.58. The molecule has 0 fully saturated rings. The predicted octanol–water partition coefficient (Wildman–Crippen LogP) is 2.31. The van der Waals surface area contributed by atoms with Gasteiger partial charge in [0.15, 0.2) is 17.9 Å². The fraction of sp³-hybridized carbons (Fsp3) is 0. The Hall–Kier alpha value is -2.11. The summed E-state index contributed by atoms with van der Waals surface area (Å²) >= 11 is 0. The number of carbonyl (C=O) groups is 1. The molecular formula is C10H5F3N2O. The van der Waals surface area contributed by atoms with Crippen molar-refractivity contribution in [3.05, 3.63) is 41.5 Å². The molecule has 2 aromatic rings. The number of nitrogens with one attached hydrogen (secondary N) is 1. The second kappa shape index (κ2) is 3.80. The van der Waals surface area contributed by atoms with E-state index in [-0.39, 0.29) is 17.1 Å². The number of imidazole rings is 1. The van der Waals surface area contributed by atoms with E-state index in [0.29, 0.717) is 12.4 Å². The second-order valence-corrected chi connectivity index (χ2v) is 3.05. The van der Waals surface area contributed by atoms with Gasteiger partial charge in [-0.1, -0.05) is 0 Å². The summed E-state index contributed by atoms with van der Waals surface area (Å²) in [5.41, 5.74) is -0.260. The third kappa shape index (κ3) is 1.69. The van der Waals surface area contributed by atoms with E-state index in [0.717, 1.165) is 12.3 Å². The lowest BCUT2D eigenvalue weighted by Crippen LogP contribution is -1.93. The van der Waals surface area contributed by atoms with Crippen molar-refractivity contribution in [1.29, 1.82) is 0 Å². The number of aromatic amines is 1. The molecule has 0 amide bonds. The molecule has 0 radical (unpaired) electrons. The van der Waals surface area contributed by atoms with Crippen molar-refractivity contribution in [3.8, 4) is 11.4 Å². The minimum Gasteiger partial charge on any atom is -0.336 e. The Kier molecular flexibility index (Phi) is 2.47. The Bertz CT molecular complexity index is 551. The highest BCUT2D eigenvalue weighted by atomic mass is 19.2. The molecule has 0 saturated heterocycles. The van der Waals surface area contributed by atoms with Crippen LogP contribution >= 0.6 is 0 Å². The van der Waals surface area contributed by atoms with Gasteiger partial charge in [0.05, 0.1) is 17.5 Å². The predicted molar refractivity (Wildman–Crippen MR) is 49.3 cm³/mol. The minimum absolute atomic E-state index is 0.0964. The first-order valence-electron chi connectivity index (χ1n) is 4.27. The summed E-state index contributed by atoms with van der Waals surface area (Å²) in [7, 11) is 0. The van der Waals surface area contributed by atoms with E-state index in [1.165, 1.54) is 0 Å². The lowest BCUT2D eigenvalue weighted by Gasteiger charge is -2.00. The number of nitrogens with zero attached hydrogens (tertiary/aromatic N) is 1. The molecule has 0 aliphatic rings. The average molecular weight is 226 g/mol. The molecule has 1 aromatic carbocycles. The van der Waals surface area contributed by atoms with Gasteiger partial charge in [-0.15, -0.1) is 0 Å². The number of hydrogen-bond acceptors (Lipinski definition) is 2. The smallest absolute Gasteiger partial charge is 0.169 e. The van der Waals surface area contributed by atoms with Crippen LogP contribution in [0.4, 0.5) is 13.2 Å². The van der Waals surface area contributed by atoms with Gasteiger partial charge in [0, 0.05) is 6.07 Å². The summed E-state index contributed by atoms with van der Waals surface area (Å²) in [6.07, 6.45) is 1.61. The van der Waals surface area contributed by atoms with Crippen LogP contribution in [0.1, 0.15) is 10.5 Å². The number of halogens is 3. The zero-order valence-corrected chi connectivity index (χ0v) is 7.80. The lowest BCUT2D eigenvalue weighted by molar-refractivity contribution is 0.111. The van der Waals surface area contributed by atoms with Crippen LogP contribution in [0.25, 0.3) is 11.4 Å². The van der Waals surface area contributed by atoms with Crippen molar-refractivity contribution in [3.63, 3.8) is 0 Å². The number of hydrogen-bond donors (Lipinski definition) is 1. The van der Waals surface area contributed by atoms with Gasteiger partial charge in [0.1, 0.15) is 11.6 Å². The van der Waals surface area contributed by atoms with Crippen molar-refractivity contribution in [2.45, 2.75) is 0 Å². The summed E-state index contributed by atoms with van der Waals surface area (Å²) in [4.78, 5) is 16.4. The molecule has 82 valence electrons. The van der Waals surface area contributed by atoms with E-state index in [9.17, 15) is 18.0 Å². The molecule has 0 aliphatic heterocycles. The molecule has 0 unspecified atom stereocenters. The summed E-state index contributed by atoms with van der Waals surface area (Å²) in [6.45, 7) is 0. The van der Waals surface area contributed by atoms with E-state index in [2.05, 4.69) is 9.97 Å². The molecule has 0 bridgehead atoms. The fourth-order valence-electron chi connectivity index (χ4n) is 1.26. The van der Waals surface area contributed by atoms with Crippen LogP contribution in [0.5, 0.6) is 0 Å². The molecule has 1 aromatic heterocycles. The van der Waals surface area contributed by atoms with Gasteiger partial charge >= 0.3 is 0 Å². The first kappa shape index (κ1) is 10.4. The molecule has 1 N–H and O–H groups in total. The molecular weight excluding hydrogens is 221 g/mol. The van der Waals surface area contributed by atoms with Crippen LogP contribution in [0.2, 0.25) is 0 Å². The molecule has 6 heteroatoms. The zero-order valence-electron chi connectivity index (χ0n) is 7.80. The van der Waals surface area contributed by atoms with Crippen molar-refractivity contribution < 1.29 is 18.0 Å². The number of carbonyl (C=O) groups excluding carboxylic acids is 1. The minimum atomic E-state index is -1.31. The number of benzene rings is 1. The van der Waals surface area contributed by atoms with Crippen molar-refractivity contribution in [2.24, 2.45) is 0 Å². The lowest BCUT2D eigenvalue weighted by atomic mass is 10.2. The van der Waals surface area contributed by atoms with Gasteiger partial charge in [-0.25, -0.2) is 18.2 Å². The van der Waals surface area contributed by atoms with Gasteiger partial charge < -0.3 is 4.98 Å². The van der Waals surface area contributed by atoms with Gasteiger partial charge in [0.25, 0.3) is 0 Å². The Morgan fingerprint density at radius 2 is 2.00 bits per heavy atom. The fourth-order valence-corrected chi connectivity index (χ4v) is 1.26. The maximum Gasteiger partial charge on any atom is 0.169 e. The summed E-state index contributed by atoms with van der Waals surface area (Å²) in [6, 6.07) is 1.23. The Labute approximate surface area is 87.9 Å². The molecule has 0 saturated carbocycles. The number of H-pyrrole nitrogens is 1. The third-order valence-electron chi connectivity index (χ3n) is 1.97. The normalized spacial score (nSPS) is 10.4. The quantitative estimate of drug-likeness (QED) is 0.630. The Morgan fingerprint density at radius 3 is 2.62 bits per heavy atom. The number of rotatable bonds is 2. The highest BCUT2D eigenvalue weighted by Crippen LogP contribution is 2.23. The van der Waals surface area contributed by atoms with Gasteiger partial charge in [-0.3, -0.25) is 4.79 Å². The largest absolute Gasteiger partial charge is 0.336 e. The van der Waals surface area contributed by atoms with Crippen molar-refractivity contribution in [1.82, 2.24) is 9.97 Å². The van der Waals surface area contributed by atoms with Gasteiger partial charge in [-0.2, -0.15) is 0 Å². The summed E-state index contributed by atoms with van der Waals surface area (Å²) in [5, 5.41) is 0. The summed E-state index contributed by atoms with van der Waals surface area (Å²) < 4.78 is 39.0. The van der Waals surface area contributed by atoms with E-state index < -0.39 is 17.5 Å². The standard InChI is InChI=1S/C10H5F3N2O/c11-5-1-7(9(13)8(12)2-5)10-14-3-6(4-16)15-10/h1-4H,(H,14,15). The van der Waals surface area contributed by atoms with Crippen LogP contribution in [0.15, 0.2) is 18.3 Å². The third-order valence-corrected chi connectivity index (χ3v) is 1.97. The van der Waals surface area contributed by atoms with Crippen LogP contribution in [-0.4, -0.2) is 16.3 Å². The van der Waals surface area contributed by atoms with Crippen LogP contribution in [0.3, 0.4) is 0 Å². The van der Waals surface area contributed by atoms with Crippen molar-refractivity contribution >= 4 is 6.29 Å². The number of aldehydes is 1. The van der Waals surface area contributed by atoms with Crippen molar-refractivity contribution in [2.75, 3.05) is 0 Å². The molecule has 0 atom stereocenters. The van der Waals surface area contributed by atoms with E-state index in [1.807, 2.05) is 0 Å². The van der Waals surface area contributed by atoms with Crippen LogP contribution < -0.4 is 0 Å². The first-order valence-corrected chi connectivity index (χ1v) is 4.27. The maximum atomic E-state index is 13.3. The van der Waals surface area contributed by atoms with E-state index in [4.69, 9.17) is 0 Å². The molecule has 2 rings (SSSR count). The van der Waals surface area contributed by atoms with E-state index in [1.54, 1.807) is 0 Å². The topological polar surface area (TPSA) is 45.8 Å². The van der Waals surface area contributed by atoms with E-state index >= 15 is 0 Å². The number of aromatic nitrogens is 2. The van der Waals surface area contributed by atoms with Crippen LogP contribution in [-0.2, 0) is 0 Å². The van der Waals surface area contributed by atoms with Gasteiger partial charge in [-0.05, 0) is 6.07 Å². The SMILES string of the molecule is O=Cc1cnc(-c2cc(F)cc(F)c2F)[nH]1. The highest BCUT2D eigenvalue weighted by Gasteiger charge is 2.15. The molecule has 3 nitrogen and oxygen atoms in total. The van der Waals surface area contributed by atoms with Crippen LogP contribution in [0, 0.1) is 17.5 Å². The second-order valence-electron chi connectivity index (χ2n) is 3.05. The monoisotopic (exact) mass is 226 g/mol. The average Bonchev–Trinajstić information content (AvgIpc) is 2.71.